The van der Waals surface area contributed by atoms with Crippen LogP contribution in [-0.4, -0.2) is 0 Å². The molecule has 0 aliphatic carbocycles. The average Bonchev–Trinajstić information content (AvgIpc) is 1.88. The van der Waals surface area contributed by atoms with Crippen LogP contribution < -0.4 is 0 Å². The van der Waals surface area contributed by atoms with Crippen molar-refractivity contribution in [3.05, 3.63) is 29.8 Å². The van der Waals surface area contributed by atoms with Gasteiger partial charge in [-0.25, -0.2) is 4.39 Å². The molecule has 0 saturated carbocycles. The van der Waals surface area contributed by atoms with Gasteiger partial charge in [-0.3, -0.25) is 0 Å². The van der Waals surface area contributed by atoms with E-state index in [1.165, 1.54) is 0 Å². The molecule has 0 fully saturated rings. The first-order valence-corrected chi connectivity index (χ1v) is 3.11. The molecule has 0 unspecified atom stereocenters. The fourth-order valence-corrected chi connectivity index (χ4v) is 0.891. The minimum absolute atomic E-state index is 0.408. The SMILES string of the molecule is FCc1cccc(S)c1. The van der Waals surface area contributed by atoms with Crippen molar-refractivity contribution < 1.29 is 4.39 Å². The molecular formula is C7H7FS. The van der Waals surface area contributed by atoms with Gasteiger partial charge in [-0.1, -0.05) is 12.1 Å². The van der Waals surface area contributed by atoms with Crippen LogP contribution in [-0.2, 0) is 6.67 Å². The van der Waals surface area contributed by atoms with E-state index in [4.69, 9.17) is 0 Å². The average molecular weight is 142 g/mol. The molecule has 0 aliphatic rings. The van der Waals surface area contributed by atoms with E-state index < -0.39 is 6.67 Å². The van der Waals surface area contributed by atoms with Gasteiger partial charge in [-0.05, 0) is 17.7 Å². The second-order valence-electron chi connectivity index (χ2n) is 1.80. The first-order valence-electron chi connectivity index (χ1n) is 2.67. The Balaban J connectivity index is 2.94. The largest absolute Gasteiger partial charge is 0.246 e. The summed E-state index contributed by atoms with van der Waals surface area (Å²) in [6, 6.07) is 7.06. The lowest BCUT2D eigenvalue weighted by Crippen LogP contribution is -1.75. The zero-order chi connectivity index (χ0) is 6.69. The van der Waals surface area contributed by atoms with Gasteiger partial charge in [-0.15, -0.1) is 12.6 Å². The molecule has 0 amide bonds. The monoisotopic (exact) mass is 142 g/mol. The lowest BCUT2D eigenvalue weighted by molar-refractivity contribution is 0.484. The molecule has 1 rings (SSSR count). The zero-order valence-corrected chi connectivity index (χ0v) is 5.74. The summed E-state index contributed by atoms with van der Waals surface area (Å²) in [6.45, 7) is -0.408. The number of hydrogen-bond acceptors (Lipinski definition) is 1. The van der Waals surface area contributed by atoms with Crippen molar-refractivity contribution >= 4 is 12.6 Å². The first kappa shape index (κ1) is 6.62. The summed E-state index contributed by atoms with van der Waals surface area (Å²) in [7, 11) is 0. The molecule has 0 radical (unpaired) electrons. The number of hydrogen-bond donors (Lipinski definition) is 1. The molecule has 1 aromatic carbocycles. The third kappa shape index (κ3) is 1.72. The summed E-state index contributed by atoms with van der Waals surface area (Å²) < 4.78 is 11.9. The van der Waals surface area contributed by atoms with Gasteiger partial charge in [0.05, 0.1) is 0 Å². The summed E-state index contributed by atoms with van der Waals surface area (Å²) in [5, 5.41) is 0. The fourth-order valence-electron chi connectivity index (χ4n) is 0.640. The van der Waals surface area contributed by atoms with Crippen molar-refractivity contribution in [3.63, 3.8) is 0 Å². The van der Waals surface area contributed by atoms with E-state index >= 15 is 0 Å². The second kappa shape index (κ2) is 2.87. The quantitative estimate of drug-likeness (QED) is 0.572. The lowest BCUT2D eigenvalue weighted by Gasteiger charge is -1.92. The van der Waals surface area contributed by atoms with Crippen LogP contribution in [0.5, 0.6) is 0 Å². The number of thiol groups is 1. The highest BCUT2D eigenvalue weighted by atomic mass is 32.1. The number of alkyl halides is 1. The van der Waals surface area contributed by atoms with Crippen LogP contribution in [0, 0.1) is 0 Å². The Hall–Kier alpha value is -0.500. The third-order valence-corrected chi connectivity index (χ3v) is 1.34. The van der Waals surface area contributed by atoms with Crippen LogP contribution in [0.25, 0.3) is 0 Å². The Morgan fingerprint density at radius 1 is 1.44 bits per heavy atom. The standard InChI is InChI=1S/C7H7FS/c8-5-6-2-1-3-7(9)4-6/h1-4,9H,5H2. The maximum Gasteiger partial charge on any atom is 0.115 e. The smallest absolute Gasteiger partial charge is 0.115 e. The van der Waals surface area contributed by atoms with Crippen molar-refractivity contribution in [2.75, 3.05) is 0 Å². The molecule has 0 saturated heterocycles. The second-order valence-corrected chi connectivity index (χ2v) is 2.32. The maximum absolute atomic E-state index is 11.9. The van der Waals surface area contributed by atoms with Crippen LogP contribution >= 0.6 is 12.6 Å². The number of rotatable bonds is 1. The highest BCUT2D eigenvalue weighted by molar-refractivity contribution is 7.80. The number of halogens is 1. The van der Waals surface area contributed by atoms with Crippen LogP contribution in [0.4, 0.5) is 4.39 Å². The Labute approximate surface area is 59.1 Å². The van der Waals surface area contributed by atoms with Crippen molar-refractivity contribution in [1.82, 2.24) is 0 Å². The van der Waals surface area contributed by atoms with Gasteiger partial charge in [0, 0.05) is 4.90 Å². The fraction of sp³-hybridized carbons (Fsp3) is 0.143. The minimum atomic E-state index is -0.408. The summed E-state index contributed by atoms with van der Waals surface area (Å²) >= 11 is 4.04. The first-order chi connectivity index (χ1) is 4.33. The van der Waals surface area contributed by atoms with Crippen molar-refractivity contribution in [3.8, 4) is 0 Å². The zero-order valence-electron chi connectivity index (χ0n) is 4.84. The molecule has 0 bridgehead atoms. The van der Waals surface area contributed by atoms with Crippen molar-refractivity contribution in [2.24, 2.45) is 0 Å². The molecule has 1 aromatic rings. The molecule has 0 aliphatic heterocycles. The van der Waals surface area contributed by atoms with Gasteiger partial charge in [-0.2, -0.15) is 0 Å². The van der Waals surface area contributed by atoms with Gasteiger partial charge in [0.15, 0.2) is 0 Å². The Bertz CT molecular complexity index is 198. The summed E-state index contributed by atoms with van der Waals surface area (Å²) in [5.41, 5.74) is 0.683. The Morgan fingerprint density at radius 3 is 2.67 bits per heavy atom. The third-order valence-electron chi connectivity index (χ3n) is 1.06. The normalized spacial score (nSPS) is 9.56. The molecule has 0 spiro atoms. The molecular weight excluding hydrogens is 135 g/mol. The van der Waals surface area contributed by atoms with Gasteiger partial charge in [0.25, 0.3) is 0 Å². The van der Waals surface area contributed by atoms with Gasteiger partial charge >= 0.3 is 0 Å². The Kier molecular flexibility index (Phi) is 2.11. The highest BCUT2D eigenvalue weighted by Gasteiger charge is 1.88. The molecule has 0 atom stereocenters. The van der Waals surface area contributed by atoms with Gasteiger partial charge < -0.3 is 0 Å². The molecule has 0 heterocycles. The number of benzene rings is 1. The van der Waals surface area contributed by atoms with E-state index in [9.17, 15) is 4.39 Å². The minimum Gasteiger partial charge on any atom is -0.246 e. The molecule has 2 heteroatoms. The van der Waals surface area contributed by atoms with E-state index in [0.29, 0.717) is 5.56 Å². The summed E-state index contributed by atoms with van der Waals surface area (Å²) in [6.07, 6.45) is 0. The topological polar surface area (TPSA) is 0 Å². The van der Waals surface area contributed by atoms with Crippen molar-refractivity contribution in [2.45, 2.75) is 11.6 Å². The van der Waals surface area contributed by atoms with Crippen LogP contribution in [0.15, 0.2) is 29.2 Å². The molecule has 0 N–H and O–H groups in total. The van der Waals surface area contributed by atoms with Crippen molar-refractivity contribution in [1.29, 1.82) is 0 Å². The van der Waals surface area contributed by atoms with Crippen LogP contribution in [0.2, 0.25) is 0 Å². The Morgan fingerprint density at radius 2 is 2.22 bits per heavy atom. The van der Waals surface area contributed by atoms with E-state index in [0.717, 1.165) is 4.90 Å². The van der Waals surface area contributed by atoms with E-state index in [2.05, 4.69) is 12.6 Å². The molecule has 48 valence electrons. The predicted octanol–water partition coefficient (Wildman–Crippen LogP) is 2.44. The lowest BCUT2D eigenvalue weighted by atomic mass is 10.2. The van der Waals surface area contributed by atoms with Gasteiger partial charge in [0.2, 0.25) is 0 Å². The molecule has 0 aromatic heterocycles. The summed E-state index contributed by atoms with van der Waals surface area (Å²) in [4.78, 5) is 0.810. The highest BCUT2D eigenvalue weighted by Crippen LogP contribution is 2.08. The molecule has 9 heavy (non-hydrogen) atoms. The maximum atomic E-state index is 11.9. The van der Waals surface area contributed by atoms with Gasteiger partial charge in [0.1, 0.15) is 6.67 Å². The van der Waals surface area contributed by atoms with E-state index in [1.807, 2.05) is 6.07 Å². The summed E-state index contributed by atoms with van der Waals surface area (Å²) in [5.74, 6) is 0. The molecule has 0 nitrogen and oxygen atoms in total. The van der Waals surface area contributed by atoms with Crippen LogP contribution in [0.3, 0.4) is 0 Å². The van der Waals surface area contributed by atoms with Crippen LogP contribution in [0.1, 0.15) is 5.56 Å². The predicted molar refractivity (Wildman–Crippen MR) is 38.5 cm³/mol. The van der Waals surface area contributed by atoms with E-state index in [1.54, 1.807) is 18.2 Å². The van der Waals surface area contributed by atoms with E-state index in [-0.39, 0.29) is 0 Å².